The van der Waals surface area contributed by atoms with Gasteiger partial charge in [-0.2, -0.15) is 0 Å². The molecule has 1 amide bonds. The number of aromatic nitrogens is 1. The van der Waals surface area contributed by atoms with Crippen molar-refractivity contribution >= 4 is 22.5 Å². The first-order valence-electron chi connectivity index (χ1n) is 8.57. The molecule has 0 aliphatic carbocycles. The Morgan fingerprint density at radius 2 is 2.04 bits per heavy atom. The molecule has 2 aromatic rings. The van der Waals surface area contributed by atoms with Crippen LogP contribution in [0.5, 0.6) is 0 Å². The summed E-state index contributed by atoms with van der Waals surface area (Å²) < 4.78 is 5.46. The number of likely N-dealkylation sites (tertiary alicyclic amines) is 1. The minimum absolute atomic E-state index is 0.0408. The second-order valence-electron chi connectivity index (χ2n) is 7.03. The zero-order valence-electron chi connectivity index (χ0n) is 14.2. The van der Waals surface area contributed by atoms with E-state index in [-0.39, 0.29) is 5.91 Å². The fourth-order valence-electron chi connectivity index (χ4n) is 3.70. The van der Waals surface area contributed by atoms with Gasteiger partial charge in [0.15, 0.2) is 0 Å². The average molecular weight is 325 g/mol. The van der Waals surface area contributed by atoms with E-state index in [1.54, 1.807) is 0 Å². The fraction of sp³-hybridized carbons (Fsp3) is 0.474. The standard InChI is InChI=1S/C19H23N3O2/c1-21(2)18-9-17(20-16-6-4-3-5-15(16)18)19(23)22-10-14(11-22)13-7-8-24-12-13/h3-6,9,13-14H,7-8,10-12H2,1-2H3. The minimum atomic E-state index is 0.0408. The van der Waals surface area contributed by atoms with Crippen molar-refractivity contribution in [2.24, 2.45) is 11.8 Å². The number of hydrogen-bond acceptors (Lipinski definition) is 4. The van der Waals surface area contributed by atoms with Gasteiger partial charge in [-0.1, -0.05) is 18.2 Å². The summed E-state index contributed by atoms with van der Waals surface area (Å²) in [5, 5.41) is 1.07. The summed E-state index contributed by atoms with van der Waals surface area (Å²) in [6.45, 7) is 3.39. The summed E-state index contributed by atoms with van der Waals surface area (Å²) in [7, 11) is 3.99. The summed E-state index contributed by atoms with van der Waals surface area (Å²) >= 11 is 0. The van der Waals surface area contributed by atoms with E-state index in [4.69, 9.17) is 4.74 Å². The number of amides is 1. The van der Waals surface area contributed by atoms with Crippen LogP contribution in [0.2, 0.25) is 0 Å². The van der Waals surface area contributed by atoms with E-state index in [2.05, 4.69) is 4.98 Å². The van der Waals surface area contributed by atoms with Crippen molar-refractivity contribution in [1.29, 1.82) is 0 Å². The van der Waals surface area contributed by atoms with E-state index >= 15 is 0 Å². The van der Waals surface area contributed by atoms with Gasteiger partial charge in [-0.25, -0.2) is 4.98 Å². The van der Waals surface area contributed by atoms with E-state index in [0.29, 0.717) is 17.5 Å². The Kier molecular flexibility index (Phi) is 3.88. The van der Waals surface area contributed by atoms with Crippen LogP contribution in [0.25, 0.3) is 10.9 Å². The van der Waals surface area contributed by atoms with Gasteiger partial charge in [-0.05, 0) is 30.4 Å². The Morgan fingerprint density at radius 1 is 1.25 bits per heavy atom. The Morgan fingerprint density at radius 3 is 2.75 bits per heavy atom. The molecule has 1 aromatic carbocycles. The molecular formula is C19H23N3O2. The number of nitrogens with zero attached hydrogens (tertiary/aromatic N) is 3. The van der Waals surface area contributed by atoms with Crippen LogP contribution < -0.4 is 4.90 Å². The van der Waals surface area contributed by atoms with Gasteiger partial charge in [-0.3, -0.25) is 4.79 Å². The predicted octanol–water partition coefficient (Wildman–Crippen LogP) is 2.41. The molecule has 0 bridgehead atoms. The quantitative estimate of drug-likeness (QED) is 0.869. The Labute approximate surface area is 142 Å². The van der Waals surface area contributed by atoms with Gasteiger partial charge < -0.3 is 14.5 Å². The third kappa shape index (κ3) is 2.63. The fourth-order valence-corrected chi connectivity index (χ4v) is 3.70. The summed E-state index contributed by atoms with van der Waals surface area (Å²) in [6, 6.07) is 9.89. The number of carbonyl (C=O) groups excluding carboxylic acids is 1. The van der Waals surface area contributed by atoms with Crippen LogP contribution in [0.4, 0.5) is 5.69 Å². The van der Waals surface area contributed by atoms with Crippen LogP contribution in [0.15, 0.2) is 30.3 Å². The molecule has 1 aromatic heterocycles. The number of para-hydroxylation sites is 1. The summed E-state index contributed by atoms with van der Waals surface area (Å²) in [5.74, 6) is 1.25. The second-order valence-corrected chi connectivity index (χ2v) is 7.03. The van der Waals surface area contributed by atoms with Crippen LogP contribution in [-0.4, -0.2) is 56.2 Å². The van der Waals surface area contributed by atoms with Gasteiger partial charge in [0.1, 0.15) is 5.69 Å². The first kappa shape index (κ1) is 15.4. The molecule has 2 aliphatic rings. The molecule has 0 saturated carbocycles. The molecule has 4 rings (SSSR count). The van der Waals surface area contributed by atoms with E-state index < -0.39 is 0 Å². The molecule has 0 N–H and O–H groups in total. The van der Waals surface area contributed by atoms with Crippen molar-refractivity contribution in [2.45, 2.75) is 6.42 Å². The maximum absolute atomic E-state index is 12.8. The zero-order chi connectivity index (χ0) is 16.7. The Hall–Kier alpha value is -2.14. The van der Waals surface area contributed by atoms with Gasteiger partial charge in [0.05, 0.1) is 5.52 Å². The molecule has 1 unspecified atom stereocenters. The highest BCUT2D eigenvalue weighted by molar-refractivity contribution is 6.00. The van der Waals surface area contributed by atoms with Gasteiger partial charge in [-0.15, -0.1) is 0 Å². The van der Waals surface area contributed by atoms with E-state index in [0.717, 1.165) is 49.3 Å². The third-order valence-electron chi connectivity index (χ3n) is 5.22. The van der Waals surface area contributed by atoms with Crippen molar-refractivity contribution in [3.63, 3.8) is 0 Å². The van der Waals surface area contributed by atoms with E-state index in [1.165, 1.54) is 0 Å². The normalized spacial score (nSPS) is 21.1. The van der Waals surface area contributed by atoms with E-state index in [9.17, 15) is 4.79 Å². The van der Waals surface area contributed by atoms with Crippen LogP contribution in [0.3, 0.4) is 0 Å². The molecule has 5 nitrogen and oxygen atoms in total. The highest BCUT2D eigenvalue weighted by atomic mass is 16.5. The zero-order valence-corrected chi connectivity index (χ0v) is 14.2. The van der Waals surface area contributed by atoms with Crippen molar-refractivity contribution in [2.75, 3.05) is 45.3 Å². The number of carbonyl (C=O) groups is 1. The SMILES string of the molecule is CN(C)c1cc(C(=O)N2CC(C3CCOC3)C2)nc2ccccc12. The monoisotopic (exact) mass is 325 g/mol. The summed E-state index contributed by atoms with van der Waals surface area (Å²) in [6.07, 6.45) is 1.13. The molecule has 0 spiro atoms. The van der Waals surface area contributed by atoms with Crippen LogP contribution in [-0.2, 0) is 4.74 Å². The Bertz CT molecular complexity index is 762. The van der Waals surface area contributed by atoms with Crippen molar-refractivity contribution in [1.82, 2.24) is 9.88 Å². The minimum Gasteiger partial charge on any atom is -0.381 e. The van der Waals surface area contributed by atoms with Crippen molar-refractivity contribution in [3.05, 3.63) is 36.0 Å². The van der Waals surface area contributed by atoms with Crippen LogP contribution in [0.1, 0.15) is 16.9 Å². The van der Waals surface area contributed by atoms with Gasteiger partial charge in [0, 0.05) is 51.5 Å². The predicted molar refractivity (Wildman–Crippen MR) is 94.4 cm³/mol. The third-order valence-corrected chi connectivity index (χ3v) is 5.22. The number of benzene rings is 1. The first-order chi connectivity index (χ1) is 11.6. The molecule has 24 heavy (non-hydrogen) atoms. The van der Waals surface area contributed by atoms with Gasteiger partial charge >= 0.3 is 0 Å². The number of anilines is 1. The lowest BCUT2D eigenvalue weighted by molar-refractivity contribution is 0.0337. The van der Waals surface area contributed by atoms with Gasteiger partial charge in [0.25, 0.3) is 5.91 Å². The molecule has 2 fully saturated rings. The maximum Gasteiger partial charge on any atom is 0.272 e. The lowest BCUT2D eigenvalue weighted by atomic mass is 9.85. The largest absolute Gasteiger partial charge is 0.381 e. The smallest absolute Gasteiger partial charge is 0.272 e. The number of fused-ring (bicyclic) bond motifs is 1. The lowest BCUT2D eigenvalue weighted by Crippen LogP contribution is -2.53. The lowest BCUT2D eigenvalue weighted by Gasteiger charge is -2.42. The number of hydrogen-bond donors (Lipinski definition) is 0. The highest BCUT2D eigenvalue weighted by Crippen LogP contribution is 2.32. The molecule has 3 heterocycles. The first-order valence-corrected chi connectivity index (χ1v) is 8.57. The topological polar surface area (TPSA) is 45.7 Å². The molecule has 1 atom stereocenters. The summed E-state index contributed by atoms with van der Waals surface area (Å²) in [4.78, 5) is 21.4. The van der Waals surface area contributed by atoms with Crippen LogP contribution in [0, 0.1) is 11.8 Å². The van der Waals surface area contributed by atoms with Crippen molar-refractivity contribution < 1.29 is 9.53 Å². The highest BCUT2D eigenvalue weighted by Gasteiger charge is 2.38. The molecule has 2 aliphatic heterocycles. The molecular weight excluding hydrogens is 302 g/mol. The van der Waals surface area contributed by atoms with Gasteiger partial charge in [0.2, 0.25) is 0 Å². The molecule has 5 heteroatoms. The average Bonchev–Trinajstić information content (AvgIpc) is 3.06. The number of ether oxygens (including phenoxy) is 1. The number of pyridine rings is 1. The number of rotatable bonds is 3. The molecule has 126 valence electrons. The molecule has 0 radical (unpaired) electrons. The molecule has 2 saturated heterocycles. The summed E-state index contributed by atoms with van der Waals surface area (Å²) in [5.41, 5.74) is 2.44. The Balaban J connectivity index is 1.56. The van der Waals surface area contributed by atoms with Crippen molar-refractivity contribution in [3.8, 4) is 0 Å². The van der Waals surface area contributed by atoms with Crippen LogP contribution >= 0.6 is 0 Å². The maximum atomic E-state index is 12.8. The van der Waals surface area contributed by atoms with E-state index in [1.807, 2.05) is 54.2 Å². The second kappa shape index (κ2) is 6.06.